The zero-order chi connectivity index (χ0) is 21.6. The zero-order valence-electron chi connectivity index (χ0n) is 15.5. The van der Waals surface area contributed by atoms with Crippen molar-refractivity contribution in [2.24, 2.45) is 0 Å². The SMILES string of the molecule is CO[Si](OC)(OC)O[Si][Si](=O)[Si](=O)[Si](=O)[Si](=O)[Si](=O)[Si](=O)[Si](=O)[Si](C)(C)C. The summed E-state index contributed by atoms with van der Waals surface area (Å²) in [5.41, 5.74) is 0. The van der Waals surface area contributed by atoms with Gasteiger partial charge in [0.2, 0.25) is 0 Å². The van der Waals surface area contributed by atoms with Gasteiger partial charge in [0.05, 0.1) is 0 Å². The molecular formula is C6H18O11Si10. The molecule has 148 valence electrons. The van der Waals surface area contributed by atoms with Crippen molar-refractivity contribution in [2.45, 2.75) is 19.6 Å². The first kappa shape index (κ1) is 27.6. The fourth-order valence-electron chi connectivity index (χ4n) is 1.39. The van der Waals surface area contributed by atoms with Gasteiger partial charge in [0.15, 0.2) is 0 Å². The molecule has 0 saturated carbocycles. The Morgan fingerprint density at radius 3 is 1.37 bits per heavy atom. The maximum absolute atomic E-state index is 12.2. The lowest BCUT2D eigenvalue weighted by Crippen LogP contribution is -2.55. The summed E-state index contributed by atoms with van der Waals surface area (Å²) >= 11 is 0. The minimum absolute atomic E-state index is 0.922. The molecule has 0 aliphatic carbocycles. The normalized spacial score (nSPS) is 11.6. The highest BCUT2D eigenvalue weighted by Gasteiger charge is 2.50. The van der Waals surface area contributed by atoms with Crippen molar-refractivity contribution in [2.75, 3.05) is 21.3 Å². The molecule has 0 aliphatic rings. The summed E-state index contributed by atoms with van der Waals surface area (Å²) in [6, 6.07) is 0. The van der Waals surface area contributed by atoms with E-state index in [1.807, 2.05) is 0 Å². The summed E-state index contributed by atoms with van der Waals surface area (Å²) in [5.74, 6) is 0. The van der Waals surface area contributed by atoms with E-state index in [0.717, 1.165) is 0 Å². The summed E-state index contributed by atoms with van der Waals surface area (Å²) in [4.78, 5) is 0. The first-order valence-corrected chi connectivity index (χ1v) is 31.1. The van der Waals surface area contributed by atoms with Gasteiger partial charge in [-0.15, -0.1) is 0 Å². The predicted octanol–water partition coefficient (Wildman–Crippen LogP) is -2.67. The Labute approximate surface area is 169 Å². The van der Waals surface area contributed by atoms with E-state index in [2.05, 4.69) is 0 Å². The Morgan fingerprint density at radius 2 is 1.00 bits per heavy atom. The van der Waals surface area contributed by atoms with Gasteiger partial charge in [-0.05, 0) is 0 Å². The van der Waals surface area contributed by atoms with Gasteiger partial charge in [-0.1, -0.05) is 19.6 Å². The third-order valence-electron chi connectivity index (χ3n) is 2.94. The molecule has 11 nitrogen and oxygen atoms in total. The largest absolute Gasteiger partial charge is 0.668 e. The Kier molecular flexibility index (Phi) is 12.0. The second kappa shape index (κ2) is 11.7. The third-order valence-corrected chi connectivity index (χ3v) is 68.5. The molecule has 0 aromatic heterocycles. The summed E-state index contributed by atoms with van der Waals surface area (Å²) in [6.07, 6.45) is 0. The van der Waals surface area contributed by atoms with E-state index in [0.29, 0.717) is 0 Å². The highest BCUT2D eigenvalue weighted by Crippen LogP contribution is 2.06. The van der Waals surface area contributed by atoms with Gasteiger partial charge < -0.3 is 48.6 Å². The second-order valence-electron chi connectivity index (χ2n) is 5.87. The van der Waals surface area contributed by atoms with Crippen LogP contribution >= 0.6 is 0 Å². The molecule has 0 rings (SSSR count). The molecule has 0 spiro atoms. The van der Waals surface area contributed by atoms with Crippen molar-refractivity contribution >= 4 is 79.9 Å². The maximum Gasteiger partial charge on any atom is 0.668 e. The Morgan fingerprint density at radius 1 is 0.630 bits per heavy atom. The molecule has 0 N–H and O–H groups in total. The van der Waals surface area contributed by atoms with Gasteiger partial charge >= 0.3 is 63.1 Å². The summed E-state index contributed by atoms with van der Waals surface area (Å²) in [7, 11) is -25.9. The van der Waals surface area contributed by atoms with Crippen molar-refractivity contribution in [3.05, 3.63) is 0 Å². The lowest BCUT2D eigenvalue weighted by molar-refractivity contribution is 0.0534. The van der Waals surface area contributed by atoms with Crippen LogP contribution in [0.1, 0.15) is 0 Å². The molecule has 21 heteroatoms. The molecule has 0 saturated heterocycles. The molecule has 2 radical (unpaired) electrons. The van der Waals surface area contributed by atoms with Crippen molar-refractivity contribution in [3.8, 4) is 0 Å². The van der Waals surface area contributed by atoms with Gasteiger partial charge in [-0.3, -0.25) is 0 Å². The van der Waals surface area contributed by atoms with Crippen molar-refractivity contribution in [3.63, 3.8) is 0 Å². The second-order valence-corrected chi connectivity index (χ2v) is 52.9. The van der Waals surface area contributed by atoms with Gasteiger partial charge in [0, 0.05) is 21.3 Å². The van der Waals surface area contributed by atoms with Crippen molar-refractivity contribution < 1.29 is 48.6 Å². The van der Waals surface area contributed by atoms with Crippen LogP contribution in [0.25, 0.3) is 0 Å². The third kappa shape index (κ3) is 7.75. The van der Waals surface area contributed by atoms with Crippen LogP contribution in [0.15, 0.2) is 0 Å². The monoisotopic (exact) mass is 546 g/mol. The molecule has 27 heavy (non-hydrogen) atoms. The van der Waals surface area contributed by atoms with Crippen LogP contribution in [0.3, 0.4) is 0 Å². The van der Waals surface area contributed by atoms with Crippen LogP contribution in [-0.4, -0.2) is 101 Å². The molecule has 0 heterocycles. The molecule has 0 bridgehead atoms. The van der Waals surface area contributed by atoms with Gasteiger partial charge in [-0.25, -0.2) is 0 Å². The number of hydrogen-bond donors (Lipinski definition) is 0. The molecule has 0 atom stereocenters. The fraction of sp³-hybridized carbons (Fsp3) is 1.00. The standard InChI is InChI=1S/C6H18O11Si10/c1-14-27(15-2,16-3)17-18-19(7)20(8)21(9)22(10)23(11)24(12)25(13)26(4,5)6/h1-6H3. The molecular weight excluding hydrogens is 529 g/mol. The van der Waals surface area contributed by atoms with E-state index in [-0.39, 0.29) is 0 Å². The van der Waals surface area contributed by atoms with Crippen LogP contribution < -0.4 is 0 Å². The number of hydrogen-bond acceptors (Lipinski definition) is 11. The average molecular weight is 547 g/mol. The van der Waals surface area contributed by atoms with Gasteiger partial charge in [0.1, 0.15) is 7.59 Å². The van der Waals surface area contributed by atoms with Crippen LogP contribution in [0, 0.1) is 0 Å². The molecule has 0 aliphatic heterocycles. The van der Waals surface area contributed by atoms with E-state index < -0.39 is 79.9 Å². The van der Waals surface area contributed by atoms with Gasteiger partial charge in [-0.2, -0.15) is 0 Å². The highest BCUT2D eigenvalue weighted by molar-refractivity contribution is 7.75. The quantitative estimate of drug-likeness (QED) is 0.222. The van der Waals surface area contributed by atoms with Crippen LogP contribution in [0.4, 0.5) is 0 Å². The molecule has 0 aromatic carbocycles. The van der Waals surface area contributed by atoms with Crippen molar-refractivity contribution in [1.29, 1.82) is 0 Å². The first-order valence-electron chi connectivity index (χ1n) is 7.17. The fourth-order valence-corrected chi connectivity index (χ4v) is 89.6. The van der Waals surface area contributed by atoms with Crippen LogP contribution in [0.2, 0.25) is 19.6 Å². The van der Waals surface area contributed by atoms with Crippen LogP contribution in [0.5, 0.6) is 0 Å². The molecule has 0 aromatic rings. The minimum Gasteiger partial charge on any atom is -0.389 e. The summed E-state index contributed by atoms with van der Waals surface area (Å²) in [6.45, 7) is 5.01. The minimum atomic E-state index is -3.54. The highest BCUT2D eigenvalue weighted by atomic mass is 30.0. The Bertz CT molecular complexity index is 684. The predicted molar refractivity (Wildman–Crippen MR) is 102 cm³/mol. The topological polar surface area (TPSA) is 156 Å². The molecule has 0 unspecified atom stereocenters. The van der Waals surface area contributed by atoms with Crippen molar-refractivity contribution in [1.82, 2.24) is 0 Å². The zero-order valence-corrected chi connectivity index (χ0v) is 25.5. The lowest BCUT2D eigenvalue weighted by Gasteiger charge is -2.22. The Balaban J connectivity index is 5.13. The molecule has 0 fully saturated rings. The first-order chi connectivity index (χ1) is 12.3. The van der Waals surface area contributed by atoms with E-state index >= 15 is 0 Å². The lowest BCUT2D eigenvalue weighted by atomic mass is 11.8. The van der Waals surface area contributed by atoms with E-state index in [4.69, 9.17) is 17.4 Å². The van der Waals surface area contributed by atoms with Crippen LogP contribution in [-0.2, 0) is 48.6 Å². The summed E-state index contributed by atoms with van der Waals surface area (Å²) in [5, 5.41) is 0. The maximum atomic E-state index is 12.2. The van der Waals surface area contributed by atoms with Gasteiger partial charge in [0.25, 0.3) is 9.28 Å². The van der Waals surface area contributed by atoms with E-state index in [1.165, 1.54) is 21.3 Å². The summed E-state index contributed by atoms with van der Waals surface area (Å²) < 4.78 is 105. The molecule has 0 amide bonds. The Hall–Kier alpha value is 0.609. The van der Waals surface area contributed by atoms with E-state index in [1.54, 1.807) is 19.6 Å². The smallest absolute Gasteiger partial charge is 0.389 e. The van der Waals surface area contributed by atoms with E-state index in [9.17, 15) is 31.2 Å². The number of rotatable bonds is 13. The average Bonchev–Trinajstić information content (AvgIpc) is 2.64.